The van der Waals surface area contributed by atoms with E-state index in [1.807, 2.05) is 6.07 Å². The molecule has 0 fully saturated rings. The second-order valence-corrected chi connectivity index (χ2v) is 11.1. The molecule has 3 aromatic rings. The maximum atomic E-state index is 12.8. The van der Waals surface area contributed by atoms with Crippen LogP contribution in [0.15, 0.2) is 53.4 Å². The second-order valence-electron chi connectivity index (χ2n) is 8.95. The van der Waals surface area contributed by atoms with Gasteiger partial charge in [0.25, 0.3) is 5.91 Å². The highest BCUT2D eigenvalue weighted by molar-refractivity contribution is 8.00. The van der Waals surface area contributed by atoms with Gasteiger partial charge in [-0.05, 0) is 68.0 Å². The maximum Gasteiger partial charge on any atom is 0.341 e. The smallest absolute Gasteiger partial charge is 0.341 e. The molecule has 0 aliphatic heterocycles. The first kappa shape index (κ1) is 27.4. The molecule has 0 saturated heterocycles. The number of anilines is 2. The van der Waals surface area contributed by atoms with E-state index in [0.29, 0.717) is 22.2 Å². The zero-order chi connectivity index (χ0) is 27.2. The number of carbonyl (C=O) groups is 4. The van der Waals surface area contributed by atoms with Crippen molar-refractivity contribution in [2.45, 2.75) is 38.0 Å². The molecule has 38 heavy (non-hydrogen) atoms. The molecular formula is C28H28N2O6S2. The molecule has 1 aliphatic rings. The van der Waals surface area contributed by atoms with Crippen LogP contribution in [0.25, 0.3) is 0 Å². The Morgan fingerprint density at radius 3 is 2.58 bits per heavy atom. The van der Waals surface area contributed by atoms with E-state index in [1.165, 1.54) is 35.2 Å². The van der Waals surface area contributed by atoms with Crippen molar-refractivity contribution >= 4 is 57.5 Å². The van der Waals surface area contributed by atoms with Crippen LogP contribution in [0.2, 0.25) is 0 Å². The number of nitrogens with one attached hydrogen (secondary N) is 2. The number of ether oxygens (including phenoxy) is 1. The van der Waals surface area contributed by atoms with Gasteiger partial charge in [0.05, 0.1) is 29.1 Å². The molecule has 0 saturated carbocycles. The first-order valence-corrected chi connectivity index (χ1v) is 14.0. The summed E-state index contributed by atoms with van der Waals surface area (Å²) in [6.07, 6.45) is 2.67. The van der Waals surface area contributed by atoms with Crippen LogP contribution in [-0.4, -0.2) is 41.2 Å². The SMILES string of the molecule is CCOC(=O)c1c(NC(=O)CSc2cccc(NC(=O)c3ccccc3C(=O)O)c2)sc2c1CCC(C)C2. The van der Waals surface area contributed by atoms with Gasteiger partial charge < -0.3 is 20.5 Å². The topological polar surface area (TPSA) is 122 Å². The van der Waals surface area contributed by atoms with E-state index in [0.717, 1.165) is 34.6 Å². The van der Waals surface area contributed by atoms with Crippen molar-refractivity contribution < 1.29 is 29.0 Å². The van der Waals surface area contributed by atoms with Gasteiger partial charge >= 0.3 is 11.9 Å². The quantitative estimate of drug-likeness (QED) is 0.229. The van der Waals surface area contributed by atoms with Crippen molar-refractivity contribution in [2.75, 3.05) is 23.0 Å². The molecule has 4 rings (SSSR count). The van der Waals surface area contributed by atoms with Crippen LogP contribution in [0.4, 0.5) is 10.7 Å². The van der Waals surface area contributed by atoms with Gasteiger partial charge in [0.1, 0.15) is 5.00 Å². The van der Waals surface area contributed by atoms with E-state index in [1.54, 1.807) is 37.3 Å². The van der Waals surface area contributed by atoms with Gasteiger partial charge in [0, 0.05) is 15.5 Å². The molecule has 0 radical (unpaired) electrons. The van der Waals surface area contributed by atoms with Crippen LogP contribution >= 0.6 is 23.1 Å². The Balaban J connectivity index is 1.42. The number of carboxylic acid groups (broad SMARTS) is 1. The van der Waals surface area contributed by atoms with Gasteiger partial charge in [-0.1, -0.05) is 25.1 Å². The van der Waals surface area contributed by atoms with Crippen molar-refractivity contribution in [3.05, 3.63) is 75.7 Å². The largest absolute Gasteiger partial charge is 0.478 e. The number of fused-ring (bicyclic) bond motifs is 1. The Morgan fingerprint density at radius 2 is 1.84 bits per heavy atom. The molecule has 1 unspecified atom stereocenters. The van der Waals surface area contributed by atoms with Crippen molar-refractivity contribution in [3.8, 4) is 0 Å². The van der Waals surface area contributed by atoms with Gasteiger partial charge in [-0.25, -0.2) is 9.59 Å². The monoisotopic (exact) mass is 552 g/mol. The molecule has 3 N–H and O–H groups in total. The van der Waals surface area contributed by atoms with E-state index >= 15 is 0 Å². The number of hydrogen-bond donors (Lipinski definition) is 3. The van der Waals surface area contributed by atoms with Gasteiger partial charge in [-0.3, -0.25) is 9.59 Å². The van der Waals surface area contributed by atoms with Crippen LogP contribution in [0.1, 0.15) is 61.8 Å². The molecule has 2 aromatic carbocycles. The van der Waals surface area contributed by atoms with E-state index in [2.05, 4.69) is 17.6 Å². The predicted octanol–water partition coefficient (Wildman–Crippen LogP) is 5.73. The zero-order valence-corrected chi connectivity index (χ0v) is 22.7. The summed E-state index contributed by atoms with van der Waals surface area (Å²) in [6.45, 7) is 4.20. The lowest BCUT2D eigenvalue weighted by atomic mass is 9.88. The van der Waals surface area contributed by atoms with Gasteiger partial charge in [0.2, 0.25) is 5.91 Å². The van der Waals surface area contributed by atoms with Crippen LogP contribution in [0.5, 0.6) is 0 Å². The number of carbonyl (C=O) groups excluding carboxylic acids is 3. The van der Waals surface area contributed by atoms with E-state index in [-0.39, 0.29) is 29.4 Å². The highest BCUT2D eigenvalue weighted by atomic mass is 32.2. The Hall–Kier alpha value is -3.63. The fourth-order valence-corrected chi connectivity index (χ4v) is 6.47. The first-order chi connectivity index (χ1) is 18.3. The minimum absolute atomic E-state index is 0.0582. The average Bonchev–Trinajstić information content (AvgIpc) is 3.24. The minimum atomic E-state index is -1.18. The number of rotatable bonds is 9. The summed E-state index contributed by atoms with van der Waals surface area (Å²) in [6, 6.07) is 13.0. The van der Waals surface area contributed by atoms with Crippen molar-refractivity contribution in [1.82, 2.24) is 0 Å². The van der Waals surface area contributed by atoms with Crippen LogP contribution in [0, 0.1) is 5.92 Å². The molecule has 1 heterocycles. The summed E-state index contributed by atoms with van der Waals surface area (Å²) in [5, 5.41) is 15.5. The Kier molecular flexibility index (Phi) is 8.85. The Bertz CT molecular complexity index is 1380. The van der Waals surface area contributed by atoms with Crippen LogP contribution in [-0.2, 0) is 22.4 Å². The highest BCUT2D eigenvalue weighted by Gasteiger charge is 2.29. The lowest BCUT2D eigenvalue weighted by Gasteiger charge is -2.18. The molecule has 8 nitrogen and oxygen atoms in total. The third-order valence-corrected chi connectivity index (χ3v) is 8.27. The maximum absolute atomic E-state index is 12.8. The number of carboxylic acids is 1. The molecule has 198 valence electrons. The molecule has 0 spiro atoms. The number of amides is 2. The summed E-state index contributed by atoms with van der Waals surface area (Å²) in [5.41, 5.74) is 1.91. The van der Waals surface area contributed by atoms with Crippen molar-refractivity contribution in [2.24, 2.45) is 5.92 Å². The van der Waals surface area contributed by atoms with Crippen LogP contribution in [0.3, 0.4) is 0 Å². The second kappa shape index (κ2) is 12.3. The van der Waals surface area contributed by atoms with Gasteiger partial charge in [-0.2, -0.15) is 0 Å². The van der Waals surface area contributed by atoms with Crippen molar-refractivity contribution in [3.63, 3.8) is 0 Å². The lowest BCUT2D eigenvalue weighted by Crippen LogP contribution is -2.17. The summed E-state index contributed by atoms with van der Waals surface area (Å²) in [5.74, 6) is -1.75. The normalized spacial score (nSPS) is 14.3. The van der Waals surface area contributed by atoms with E-state index in [9.17, 15) is 24.3 Å². The lowest BCUT2D eigenvalue weighted by molar-refractivity contribution is -0.113. The summed E-state index contributed by atoms with van der Waals surface area (Å²) in [7, 11) is 0. The third kappa shape index (κ3) is 6.43. The molecule has 10 heteroatoms. The summed E-state index contributed by atoms with van der Waals surface area (Å²) < 4.78 is 5.27. The highest BCUT2D eigenvalue weighted by Crippen LogP contribution is 2.40. The predicted molar refractivity (Wildman–Crippen MR) is 149 cm³/mol. The first-order valence-electron chi connectivity index (χ1n) is 12.2. The molecule has 1 atom stereocenters. The minimum Gasteiger partial charge on any atom is -0.478 e. The number of hydrogen-bond acceptors (Lipinski definition) is 7. The summed E-state index contributed by atoms with van der Waals surface area (Å²) >= 11 is 2.73. The van der Waals surface area contributed by atoms with Crippen LogP contribution < -0.4 is 10.6 Å². The Morgan fingerprint density at radius 1 is 1.08 bits per heavy atom. The third-order valence-electron chi connectivity index (χ3n) is 6.11. The standard InChI is InChI=1S/C28H28N2O6S2/c1-3-36-28(35)24-21-12-11-16(2)13-22(21)38-26(24)30-23(31)15-37-18-8-6-7-17(14-18)29-25(32)19-9-4-5-10-20(19)27(33)34/h4-10,14,16H,3,11-13,15H2,1-2H3,(H,29,32)(H,30,31)(H,33,34). The molecule has 1 aromatic heterocycles. The molecule has 0 bridgehead atoms. The fraction of sp³-hybridized carbons (Fsp3) is 0.286. The molecule has 1 aliphatic carbocycles. The van der Waals surface area contributed by atoms with E-state index < -0.39 is 17.8 Å². The number of aromatic carboxylic acids is 1. The molecular weight excluding hydrogens is 524 g/mol. The zero-order valence-electron chi connectivity index (χ0n) is 21.0. The number of esters is 1. The van der Waals surface area contributed by atoms with E-state index in [4.69, 9.17) is 4.74 Å². The number of thioether (sulfide) groups is 1. The van der Waals surface area contributed by atoms with Crippen molar-refractivity contribution in [1.29, 1.82) is 0 Å². The average molecular weight is 553 g/mol. The fourth-order valence-electron chi connectivity index (χ4n) is 4.30. The van der Waals surface area contributed by atoms with Gasteiger partial charge in [0.15, 0.2) is 0 Å². The Labute approximate surface area is 228 Å². The number of benzene rings is 2. The van der Waals surface area contributed by atoms with Gasteiger partial charge in [-0.15, -0.1) is 23.1 Å². The molecule has 2 amide bonds. The summed E-state index contributed by atoms with van der Waals surface area (Å²) in [4.78, 5) is 51.5. The number of thiophene rings is 1.